The Bertz CT molecular complexity index is 750. The van der Waals surface area contributed by atoms with Gasteiger partial charge in [0.25, 0.3) is 0 Å². The molecule has 2 N–H and O–H groups in total. The highest BCUT2D eigenvalue weighted by Crippen LogP contribution is 2.60. The number of hydrogen-bond acceptors (Lipinski definition) is 8. The number of rotatable bonds is 10. The number of amides is 2. The van der Waals surface area contributed by atoms with Crippen molar-refractivity contribution >= 4 is 33.7 Å². The molecule has 2 amide bonds. The maximum Gasteiger partial charge on any atom is 0.312 e. The number of carbonyl (C=O) groups is 3. The van der Waals surface area contributed by atoms with Gasteiger partial charge in [-0.1, -0.05) is 15.9 Å². The average molecular weight is 532 g/mol. The smallest absolute Gasteiger partial charge is 0.312 e. The van der Waals surface area contributed by atoms with E-state index in [4.69, 9.17) is 14.2 Å². The van der Waals surface area contributed by atoms with E-state index in [0.29, 0.717) is 52.1 Å². The van der Waals surface area contributed by atoms with Crippen molar-refractivity contribution in [3.05, 3.63) is 0 Å². The third-order valence-corrected chi connectivity index (χ3v) is 8.08. The molecule has 4 saturated heterocycles. The molecule has 4 rings (SSSR count). The van der Waals surface area contributed by atoms with Crippen LogP contribution in [0.4, 0.5) is 0 Å². The molecule has 11 heteroatoms. The molecule has 0 aromatic carbocycles. The first-order valence-corrected chi connectivity index (χ1v) is 12.8. The maximum atomic E-state index is 13.6. The van der Waals surface area contributed by atoms with Crippen molar-refractivity contribution in [3.63, 3.8) is 0 Å². The van der Waals surface area contributed by atoms with E-state index in [-0.39, 0.29) is 29.9 Å². The topological polar surface area (TPSA) is 118 Å². The van der Waals surface area contributed by atoms with E-state index in [1.54, 1.807) is 11.8 Å². The van der Waals surface area contributed by atoms with Crippen LogP contribution in [0.5, 0.6) is 0 Å². The van der Waals surface area contributed by atoms with Crippen LogP contribution in [-0.4, -0.2) is 114 Å². The average Bonchev–Trinajstić information content (AvgIpc) is 3.38. The molecule has 1 spiro atoms. The summed E-state index contributed by atoms with van der Waals surface area (Å²) in [4.78, 5) is 43.6. The van der Waals surface area contributed by atoms with E-state index in [9.17, 15) is 19.5 Å². The van der Waals surface area contributed by atoms with Crippen molar-refractivity contribution in [2.45, 2.75) is 48.8 Å². The highest BCUT2D eigenvalue weighted by Gasteiger charge is 2.76. The normalized spacial score (nSPS) is 35.7. The molecule has 0 radical (unpaired) electrons. The van der Waals surface area contributed by atoms with Crippen LogP contribution in [0.3, 0.4) is 0 Å². The lowest BCUT2D eigenvalue weighted by molar-refractivity contribution is -0.154. The number of alkyl halides is 1. The monoisotopic (exact) mass is 531 g/mol. The predicted octanol–water partition coefficient (Wildman–Crippen LogP) is -0.482. The molecule has 1 unspecified atom stereocenters. The molecule has 6 atom stereocenters. The van der Waals surface area contributed by atoms with E-state index in [1.165, 1.54) is 0 Å². The molecule has 33 heavy (non-hydrogen) atoms. The number of fused-ring (bicyclic) bond motifs is 1. The first-order valence-electron chi connectivity index (χ1n) is 11.9. The number of esters is 1. The second-order valence-corrected chi connectivity index (χ2v) is 10.3. The van der Waals surface area contributed by atoms with Gasteiger partial charge in [-0.25, -0.2) is 0 Å². The van der Waals surface area contributed by atoms with Crippen LogP contribution in [0.25, 0.3) is 0 Å². The zero-order valence-electron chi connectivity index (χ0n) is 19.0. The third kappa shape index (κ3) is 4.54. The van der Waals surface area contributed by atoms with Gasteiger partial charge in [0.15, 0.2) is 0 Å². The van der Waals surface area contributed by atoms with Crippen LogP contribution in [0, 0.1) is 11.8 Å². The fourth-order valence-electron chi connectivity index (χ4n) is 5.83. The second-order valence-electron chi connectivity index (χ2n) is 9.12. The highest BCUT2D eigenvalue weighted by atomic mass is 79.9. The van der Waals surface area contributed by atoms with Crippen LogP contribution >= 0.6 is 15.9 Å². The number of hydrogen-bond donors (Lipinski definition) is 2. The predicted molar refractivity (Wildman–Crippen MR) is 121 cm³/mol. The molecule has 4 fully saturated rings. The number of morpholine rings is 1. The van der Waals surface area contributed by atoms with E-state index >= 15 is 0 Å². The number of carbonyl (C=O) groups excluding carboxylic acids is 3. The van der Waals surface area contributed by atoms with Crippen LogP contribution in [-0.2, 0) is 28.6 Å². The fraction of sp³-hybridized carbons (Fsp3) is 0.864. The number of ether oxygens (including phenoxy) is 3. The zero-order valence-corrected chi connectivity index (χ0v) is 20.6. The Balaban J connectivity index is 1.54. The van der Waals surface area contributed by atoms with Gasteiger partial charge in [0.2, 0.25) is 11.8 Å². The fourth-order valence-corrected chi connectivity index (χ4v) is 6.77. The second kappa shape index (κ2) is 10.6. The van der Waals surface area contributed by atoms with Gasteiger partial charge >= 0.3 is 5.97 Å². The van der Waals surface area contributed by atoms with Crippen molar-refractivity contribution < 1.29 is 33.7 Å². The van der Waals surface area contributed by atoms with Crippen molar-refractivity contribution in [2.75, 3.05) is 59.2 Å². The zero-order chi connectivity index (χ0) is 23.6. The molecule has 0 aromatic rings. The molecule has 2 bridgehead atoms. The van der Waals surface area contributed by atoms with E-state index in [1.807, 2.05) is 0 Å². The summed E-state index contributed by atoms with van der Waals surface area (Å²) in [5, 5.41) is 12.2. The van der Waals surface area contributed by atoms with Gasteiger partial charge in [-0.05, 0) is 26.2 Å². The van der Waals surface area contributed by atoms with E-state index in [0.717, 1.165) is 13.1 Å². The summed E-state index contributed by atoms with van der Waals surface area (Å²) < 4.78 is 17.0. The summed E-state index contributed by atoms with van der Waals surface area (Å²) in [5.41, 5.74) is -1.06. The molecule has 4 aliphatic heterocycles. The Labute approximate surface area is 202 Å². The van der Waals surface area contributed by atoms with Crippen molar-refractivity contribution in [1.82, 2.24) is 15.1 Å². The van der Waals surface area contributed by atoms with Crippen LogP contribution < -0.4 is 5.32 Å². The summed E-state index contributed by atoms with van der Waals surface area (Å²) in [6, 6.07) is -0.817. The number of likely N-dealkylation sites (tertiary alicyclic amines) is 1. The quantitative estimate of drug-likeness (QED) is 0.220. The molecular formula is C22H34BrN3O7. The molecule has 4 aliphatic rings. The summed E-state index contributed by atoms with van der Waals surface area (Å²) in [7, 11) is 0. The van der Waals surface area contributed by atoms with Crippen molar-refractivity contribution in [1.29, 1.82) is 0 Å². The Morgan fingerprint density at radius 3 is 2.73 bits per heavy atom. The minimum Gasteiger partial charge on any atom is -0.466 e. The van der Waals surface area contributed by atoms with Crippen molar-refractivity contribution in [2.24, 2.45) is 11.8 Å². The van der Waals surface area contributed by atoms with Gasteiger partial charge in [0.05, 0.1) is 37.8 Å². The first kappa shape index (κ1) is 24.8. The Morgan fingerprint density at radius 1 is 1.27 bits per heavy atom. The number of aliphatic hydroxyl groups is 1. The molecule has 0 aromatic heterocycles. The van der Waals surface area contributed by atoms with Gasteiger partial charge in [0, 0.05) is 44.2 Å². The standard InChI is InChI=1S/C22H34BrN3O7/c1-2-32-21(30)15-16-20(29)26(6-3-4-10-27)18(22(16)13-14(23)17(15)33-22)19(28)24-5-7-25-8-11-31-12-9-25/h14-18,27H,2-13H2,1H3,(H,24,28)/t14?,15-,16+,17-,18-,22+/m0/s1. The minimum atomic E-state index is -1.06. The van der Waals surface area contributed by atoms with Gasteiger partial charge in [-0.3, -0.25) is 19.3 Å². The Morgan fingerprint density at radius 2 is 2.03 bits per heavy atom. The van der Waals surface area contributed by atoms with Crippen LogP contribution in [0.15, 0.2) is 0 Å². The maximum absolute atomic E-state index is 13.6. The largest absolute Gasteiger partial charge is 0.466 e. The lowest BCUT2D eigenvalue weighted by Gasteiger charge is -2.34. The number of nitrogens with one attached hydrogen (secondary N) is 1. The minimum absolute atomic E-state index is 0.0144. The third-order valence-electron chi connectivity index (χ3n) is 7.23. The van der Waals surface area contributed by atoms with Gasteiger partial charge in [0.1, 0.15) is 11.6 Å². The molecule has 10 nitrogen and oxygen atoms in total. The number of halogens is 1. The molecule has 186 valence electrons. The van der Waals surface area contributed by atoms with Gasteiger partial charge in [-0.2, -0.15) is 0 Å². The van der Waals surface area contributed by atoms with Gasteiger partial charge in [-0.15, -0.1) is 0 Å². The highest BCUT2D eigenvalue weighted by molar-refractivity contribution is 9.09. The summed E-state index contributed by atoms with van der Waals surface area (Å²) in [6.45, 7) is 6.48. The number of aliphatic hydroxyl groups excluding tert-OH is 1. The van der Waals surface area contributed by atoms with E-state index in [2.05, 4.69) is 26.1 Å². The Kier molecular flexibility index (Phi) is 7.95. The molecular weight excluding hydrogens is 498 g/mol. The summed E-state index contributed by atoms with van der Waals surface area (Å²) in [5.74, 6) is -2.41. The summed E-state index contributed by atoms with van der Waals surface area (Å²) in [6.07, 6.45) is 1.07. The van der Waals surface area contributed by atoms with Gasteiger partial charge < -0.3 is 29.5 Å². The van der Waals surface area contributed by atoms with Crippen LogP contribution in [0.1, 0.15) is 26.2 Å². The Hall–Kier alpha value is -1.27. The molecule has 4 heterocycles. The first-order chi connectivity index (χ1) is 15.9. The van der Waals surface area contributed by atoms with Crippen LogP contribution in [0.2, 0.25) is 0 Å². The number of unbranched alkanes of at least 4 members (excludes halogenated alkanes) is 1. The SMILES string of the molecule is CCOC(=O)[C@@H]1[C@H]2O[C@@]3(CC2Br)[C@H](C(=O)NCCN2CCOCC2)N(CCCCO)C(=O)[C@@H]13. The van der Waals surface area contributed by atoms with Crippen molar-refractivity contribution in [3.8, 4) is 0 Å². The van der Waals surface area contributed by atoms with E-state index < -0.39 is 35.6 Å². The molecule has 0 aliphatic carbocycles. The lowest BCUT2D eigenvalue weighted by atomic mass is 9.70. The number of nitrogens with zero attached hydrogens (tertiary/aromatic N) is 2. The molecule has 0 saturated carbocycles. The summed E-state index contributed by atoms with van der Waals surface area (Å²) >= 11 is 3.63. The lowest BCUT2D eigenvalue weighted by Crippen LogP contribution is -2.56.